The maximum Gasteiger partial charge on any atom is 0.258 e. The highest BCUT2D eigenvalue weighted by Gasteiger charge is 2.09. The Morgan fingerprint density at radius 3 is 2.73 bits per heavy atom. The lowest BCUT2D eigenvalue weighted by Gasteiger charge is -2.08. The van der Waals surface area contributed by atoms with E-state index in [4.69, 9.17) is 16.3 Å². The van der Waals surface area contributed by atoms with E-state index in [0.29, 0.717) is 34.4 Å². The molecule has 3 rings (SSSR count). The molecule has 3 aromatic rings. The third-order valence-electron chi connectivity index (χ3n) is 3.60. The van der Waals surface area contributed by atoms with E-state index in [9.17, 15) is 9.59 Å². The second kappa shape index (κ2) is 7.84. The van der Waals surface area contributed by atoms with Gasteiger partial charge in [0.15, 0.2) is 0 Å². The predicted molar refractivity (Wildman–Crippen MR) is 100 cm³/mol. The van der Waals surface area contributed by atoms with Crippen LogP contribution in [0.5, 0.6) is 11.5 Å². The molecular weight excluding hydrogens is 354 g/mol. The van der Waals surface area contributed by atoms with Gasteiger partial charge >= 0.3 is 0 Å². The summed E-state index contributed by atoms with van der Waals surface area (Å²) >= 11 is 5.92. The minimum Gasteiger partial charge on any atom is -0.456 e. The number of halogens is 1. The van der Waals surface area contributed by atoms with Crippen molar-refractivity contribution in [2.75, 3.05) is 5.32 Å². The summed E-state index contributed by atoms with van der Waals surface area (Å²) in [5.41, 5.74) is 0.234. The maximum atomic E-state index is 12.3. The number of hydrogen-bond donors (Lipinski definition) is 1. The molecule has 0 fully saturated rings. The van der Waals surface area contributed by atoms with Gasteiger partial charge in [-0.25, -0.2) is 4.98 Å². The molecule has 1 aromatic carbocycles. The van der Waals surface area contributed by atoms with Crippen molar-refractivity contribution in [3.8, 4) is 11.5 Å². The molecule has 0 unspecified atom stereocenters. The fourth-order valence-electron chi connectivity index (χ4n) is 2.28. The third kappa shape index (κ3) is 4.29. The number of ether oxygens (including phenoxy) is 1. The summed E-state index contributed by atoms with van der Waals surface area (Å²) < 4.78 is 7.11. The number of carbonyl (C=O) groups is 1. The number of rotatable bonds is 5. The minimum absolute atomic E-state index is 0.148. The van der Waals surface area contributed by atoms with Gasteiger partial charge < -0.3 is 14.6 Å². The smallest absolute Gasteiger partial charge is 0.258 e. The lowest BCUT2D eigenvalue weighted by molar-refractivity contribution is 0.102. The largest absolute Gasteiger partial charge is 0.456 e. The average Bonchev–Trinajstić information content (AvgIpc) is 2.64. The summed E-state index contributed by atoms with van der Waals surface area (Å²) in [7, 11) is 0. The molecule has 0 bridgehead atoms. The van der Waals surface area contributed by atoms with E-state index < -0.39 is 0 Å². The van der Waals surface area contributed by atoms with Crippen LogP contribution in [0.25, 0.3) is 0 Å². The first-order chi connectivity index (χ1) is 12.5. The molecule has 1 N–H and O–H groups in total. The number of anilines is 1. The van der Waals surface area contributed by atoms with Crippen LogP contribution < -0.4 is 15.6 Å². The molecule has 0 aliphatic carbocycles. The van der Waals surface area contributed by atoms with Crippen LogP contribution in [-0.2, 0) is 6.54 Å². The maximum absolute atomic E-state index is 12.3. The molecule has 0 radical (unpaired) electrons. The molecule has 0 aliphatic rings. The van der Waals surface area contributed by atoms with Gasteiger partial charge in [0.1, 0.15) is 17.3 Å². The van der Waals surface area contributed by atoms with E-state index in [0.717, 1.165) is 0 Å². The van der Waals surface area contributed by atoms with Crippen LogP contribution >= 0.6 is 11.6 Å². The molecule has 132 valence electrons. The van der Waals surface area contributed by atoms with Gasteiger partial charge in [0.05, 0.1) is 11.8 Å². The first kappa shape index (κ1) is 17.7. The van der Waals surface area contributed by atoms with Gasteiger partial charge in [0.2, 0.25) is 0 Å². The molecule has 0 aliphatic heterocycles. The summed E-state index contributed by atoms with van der Waals surface area (Å²) in [6.45, 7) is 2.33. The van der Waals surface area contributed by atoms with Crippen LogP contribution in [0.15, 0.2) is 65.7 Å². The molecule has 0 spiro atoms. The van der Waals surface area contributed by atoms with Crippen LogP contribution in [0.1, 0.15) is 17.3 Å². The van der Waals surface area contributed by atoms with Gasteiger partial charge in [-0.05, 0) is 43.3 Å². The fourth-order valence-corrected chi connectivity index (χ4v) is 2.46. The molecule has 2 heterocycles. The zero-order valence-corrected chi connectivity index (χ0v) is 14.7. The van der Waals surface area contributed by atoms with Crippen molar-refractivity contribution in [2.45, 2.75) is 13.5 Å². The first-order valence-electron chi connectivity index (χ1n) is 7.96. The summed E-state index contributed by atoms with van der Waals surface area (Å²) in [5, 5.41) is 3.26. The molecule has 0 saturated heterocycles. The molecule has 2 aromatic heterocycles. The molecule has 6 nitrogen and oxygen atoms in total. The van der Waals surface area contributed by atoms with Gasteiger partial charge in [-0.3, -0.25) is 9.59 Å². The van der Waals surface area contributed by atoms with Crippen molar-refractivity contribution in [3.63, 3.8) is 0 Å². The number of amides is 1. The molecule has 1 amide bonds. The normalized spacial score (nSPS) is 10.4. The van der Waals surface area contributed by atoms with Gasteiger partial charge in [-0.1, -0.05) is 17.7 Å². The molecule has 0 atom stereocenters. The van der Waals surface area contributed by atoms with E-state index in [1.54, 1.807) is 36.4 Å². The lowest BCUT2D eigenvalue weighted by Crippen LogP contribution is -2.21. The highest BCUT2D eigenvalue weighted by molar-refractivity contribution is 6.30. The van der Waals surface area contributed by atoms with E-state index in [1.165, 1.54) is 29.1 Å². The van der Waals surface area contributed by atoms with Gasteiger partial charge in [-0.2, -0.15) is 0 Å². The van der Waals surface area contributed by atoms with Crippen molar-refractivity contribution in [3.05, 3.63) is 81.9 Å². The first-order valence-corrected chi connectivity index (χ1v) is 8.34. The Kier molecular flexibility index (Phi) is 5.34. The highest BCUT2D eigenvalue weighted by Crippen LogP contribution is 2.24. The Morgan fingerprint density at radius 1 is 1.19 bits per heavy atom. The number of benzene rings is 1. The monoisotopic (exact) mass is 369 g/mol. The van der Waals surface area contributed by atoms with Crippen LogP contribution in [0.2, 0.25) is 5.02 Å². The lowest BCUT2D eigenvalue weighted by atomic mass is 10.2. The van der Waals surface area contributed by atoms with Crippen molar-refractivity contribution >= 4 is 23.3 Å². The van der Waals surface area contributed by atoms with Crippen molar-refractivity contribution in [2.24, 2.45) is 0 Å². The quantitative estimate of drug-likeness (QED) is 0.738. The number of carbonyl (C=O) groups excluding carboxylic acids is 1. The van der Waals surface area contributed by atoms with E-state index >= 15 is 0 Å². The van der Waals surface area contributed by atoms with Crippen molar-refractivity contribution in [1.82, 2.24) is 9.55 Å². The number of nitrogens with one attached hydrogen (secondary N) is 1. The second-order valence-electron chi connectivity index (χ2n) is 5.43. The third-order valence-corrected chi connectivity index (χ3v) is 3.83. The second-order valence-corrected chi connectivity index (χ2v) is 5.87. The Labute approximate surface area is 155 Å². The molecule has 7 heteroatoms. The zero-order chi connectivity index (χ0) is 18.5. The summed E-state index contributed by atoms with van der Waals surface area (Å²) in [6.07, 6.45) is 3.03. The number of hydrogen-bond acceptors (Lipinski definition) is 4. The number of pyridine rings is 2. The summed E-state index contributed by atoms with van der Waals surface area (Å²) in [6, 6.07) is 13.2. The topological polar surface area (TPSA) is 73.2 Å². The molecular formula is C19H16ClN3O3. The Hall–Kier alpha value is -3.12. The predicted octanol–water partition coefficient (Wildman–Crippen LogP) is 3.96. The minimum atomic E-state index is -0.344. The fraction of sp³-hybridized carbons (Fsp3) is 0.105. The van der Waals surface area contributed by atoms with E-state index in [2.05, 4.69) is 10.3 Å². The highest BCUT2D eigenvalue weighted by atomic mass is 35.5. The van der Waals surface area contributed by atoms with Crippen molar-refractivity contribution < 1.29 is 9.53 Å². The van der Waals surface area contributed by atoms with Crippen LogP contribution in [0, 0.1) is 0 Å². The number of nitrogens with zero attached hydrogens (tertiary/aromatic N) is 2. The SMILES string of the molecule is CCn1cc(C(=O)Nc2ccc(Oc3cccc(Cl)c3)cn2)ccc1=O. The Bertz CT molecular complexity index is 984. The summed E-state index contributed by atoms with van der Waals surface area (Å²) in [5.74, 6) is 1.15. The standard InChI is InChI=1S/C19H16ClN3O3/c1-2-23-12-13(6-9-18(23)24)19(25)22-17-8-7-16(11-21-17)26-15-5-3-4-14(20)10-15/h3-12H,2H2,1H3,(H,21,22,25). The van der Waals surface area contributed by atoms with Gasteiger partial charge in [0.25, 0.3) is 11.5 Å². The van der Waals surface area contributed by atoms with Crippen molar-refractivity contribution in [1.29, 1.82) is 0 Å². The number of aryl methyl sites for hydroxylation is 1. The summed E-state index contributed by atoms with van der Waals surface area (Å²) in [4.78, 5) is 28.0. The molecule has 0 saturated carbocycles. The van der Waals surface area contributed by atoms with E-state index in [-0.39, 0.29) is 11.5 Å². The molecule has 26 heavy (non-hydrogen) atoms. The Morgan fingerprint density at radius 2 is 2.04 bits per heavy atom. The van der Waals surface area contributed by atoms with Crippen LogP contribution in [-0.4, -0.2) is 15.5 Å². The van der Waals surface area contributed by atoms with Crippen LogP contribution in [0.3, 0.4) is 0 Å². The number of aromatic nitrogens is 2. The van der Waals surface area contributed by atoms with E-state index in [1.807, 2.05) is 6.92 Å². The Balaban J connectivity index is 1.69. The van der Waals surface area contributed by atoms with Gasteiger partial charge in [0, 0.05) is 23.8 Å². The van der Waals surface area contributed by atoms with Gasteiger partial charge in [-0.15, -0.1) is 0 Å². The zero-order valence-electron chi connectivity index (χ0n) is 14.0. The average molecular weight is 370 g/mol. The van der Waals surface area contributed by atoms with Crippen LogP contribution in [0.4, 0.5) is 5.82 Å².